The Labute approximate surface area is 119 Å². The zero-order chi connectivity index (χ0) is 14.0. The molecule has 2 aromatic rings. The van der Waals surface area contributed by atoms with E-state index in [1.165, 1.54) is 18.4 Å². The quantitative estimate of drug-likeness (QED) is 0.879. The smallest absolute Gasteiger partial charge is 0.357 e. The molecule has 2 heterocycles. The highest BCUT2D eigenvalue weighted by Gasteiger charge is 2.25. The number of esters is 1. The van der Waals surface area contributed by atoms with E-state index in [-0.39, 0.29) is 5.54 Å². The van der Waals surface area contributed by atoms with Gasteiger partial charge < -0.3 is 10.1 Å². The predicted molar refractivity (Wildman–Crippen MR) is 77.0 cm³/mol. The molecular formula is C12H15N3O2S2. The van der Waals surface area contributed by atoms with Crippen LogP contribution in [0.4, 0.5) is 5.13 Å². The maximum Gasteiger partial charge on any atom is 0.357 e. The number of hydrogen-bond donors (Lipinski definition) is 1. The van der Waals surface area contributed by atoms with Gasteiger partial charge in [0, 0.05) is 16.5 Å². The largest absolute Gasteiger partial charge is 0.464 e. The highest BCUT2D eigenvalue weighted by molar-refractivity contribution is 7.15. The zero-order valence-electron chi connectivity index (χ0n) is 11.2. The number of nitrogens with zero attached hydrogens (tertiary/aromatic N) is 2. The Bertz CT molecular complexity index is 576. The number of aromatic nitrogens is 2. The molecule has 0 spiro atoms. The van der Waals surface area contributed by atoms with Gasteiger partial charge in [-0.25, -0.2) is 14.8 Å². The fourth-order valence-electron chi connectivity index (χ4n) is 1.59. The molecule has 102 valence electrons. The third-order valence-electron chi connectivity index (χ3n) is 2.56. The van der Waals surface area contributed by atoms with Crippen molar-refractivity contribution >= 4 is 33.8 Å². The van der Waals surface area contributed by atoms with E-state index < -0.39 is 5.97 Å². The third kappa shape index (κ3) is 2.93. The van der Waals surface area contributed by atoms with Crippen molar-refractivity contribution in [1.82, 2.24) is 9.97 Å². The molecule has 0 radical (unpaired) electrons. The van der Waals surface area contributed by atoms with Gasteiger partial charge in [-0.2, -0.15) is 0 Å². The van der Waals surface area contributed by atoms with Crippen LogP contribution in [-0.2, 0) is 10.3 Å². The van der Waals surface area contributed by atoms with Crippen molar-refractivity contribution < 1.29 is 9.53 Å². The van der Waals surface area contributed by atoms with Gasteiger partial charge in [0.25, 0.3) is 0 Å². The molecule has 0 saturated carbocycles. The molecule has 0 unspecified atom stereocenters. The van der Waals surface area contributed by atoms with Gasteiger partial charge in [0.15, 0.2) is 10.8 Å². The number of aryl methyl sites for hydroxylation is 1. The van der Waals surface area contributed by atoms with Crippen LogP contribution in [0.15, 0.2) is 11.6 Å². The fraction of sp³-hybridized carbons (Fsp3) is 0.417. The van der Waals surface area contributed by atoms with Crippen molar-refractivity contribution in [2.24, 2.45) is 0 Å². The summed E-state index contributed by atoms with van der Waals surface area (Å²) < 4.78 is 4.70. The van der Waals surface area contributed by atoms with E-state index in [4.69, 9.17) is 4.74 Å². The number of anilines is 1. The van der Waals surface area contributed by atoms with Crippen molar-refractivity contribution in [2.75, 3.05) is 12.4 Å². The Morgan fingerprint density at radius 1 is 1.47 bits per heavy atom. The first-order valence-corrected chi connectivity index (χ1v) is 7.37. The summed E-state index contributed by atoms with van der Waals surface area (Å²) in [4.78, 5) is 21.0. The second kappa shape index (κ2) is 5.26. The Morgan fingerprint density at radius 2 is 2.21 bits per heavy atom. The molecular weight excluding hydrogens is 282 g/mol. The van der Waals surface area contributed by atoms with Crippen molar-refractivity contribution in [3.63, 3.8) is 0 Å². The molecule has 0 bridgehead atoms. The summed E-state index contributed by atoms with van der Waals surface area (Å²) in [7, 11) is 1.35. The number of hydrogen-bond acceptors (Lipinski definition) is 7. The number of thiazole rings is 2. The van der Waals surface area contributed by atoms with Crippen LogP contribution in [0.25, 0.3) is 0 Å². The summed E-state index contributed by atoms with van der Waals surface area (Å²) in [6, 6.07) is 0. The lowest BCUT2D eigenvalue weighted by atomic mass is 10.1. The van der Waals surface area contributed by atoms with Crippen molar-refractivity contribution in [2.45, 2.75) is 26.3 Å². The van der Waals surface area contributed by atoms with E-state index in [0.29, 0.717) is 10.8 Å². The van der Waals surface area contributed by atoms with Crippen molar-refractivity contribution in [3.8, 4) is 0 Å². The van der Waals surface area contributed by atoms with Crippen LogP contribution in [0, 0.1) is 6.92 Å². The van der Waals surface area contributed by atoms with Gasteiger partial charge in [-0.1, -0.05) is 0 Å². The lowest BCUT2D eigenvalue weighted by Gasteiger charge is -2.23. The molecule has 0 saturated heterocycles. The molecule has 5 nitrogen and oxygen atoms in total. The fourth-order valence-corrected chi connectivity index (χ4v) is 3.27. The van der Waals surface area contributed by atoms with Crippen LogP contribution in [-0.4, -0.2) is 23.0 Å². The average Bonchev–Trinajstić information content (AvgIpc) is 2.97. The van der Waals surface area contributed by atoms with E-state index in [1.54, 1.807) is 17.5 Å². The molecule has 0 aliphatic rings. The van der Waals surface area contributed by atoms with Crippen LogP contribution in [0.3, 0.4) is 0 Å². The Hall–Kier alpha value is -1.47. The highest BCUT2D eigenvalue weighted by atomic mass is 32.1. The molecule has 0 aliphatic carbocycles. The van der Waals surface area contributed by atoms with Gasteiger partial charge in [0.05, 0.1) is 12.6 Å². The normalized spacial score (nSPS) is 11.4. The Morgan fingerprint density at radius 3 is 2.79 bits per heavy atom. The van der Waals surface area contributed by atoms with Crippen LogP contribution < -0.4 is 5.32 Å². The standard InChI is InChI=1S/C12H15N3O2S2/c1-7-8(9(16)17-4)14-11(19-7)15-12(2,3)10-13-5-6-18-10/h5-6H,1-4H3,(H,14,15). The first-order chi connectivity index (χ1) is 8.94. The van der Waals surface area contributed by atoms with Crippen LogP contribution in [0.2, 0.25) is 0 Å². The van der Waals surface area contributed by atoms with Gasteiger partial charge in [-0.15, -0.1) is 22.7 Å². The number of nitrogens with one attached hydrogen (secondary N) is 1. The van der Waals surface area contributed by atoms with Crippen molar-refractivity contribution in [3.05, 3.63) is 27.2 Å². The first-order valence-electron chi connectivity index (χ1n) is 5.68. The third-order valence-corrected chi connectivity index (χ3v) is 4.54. The minimum atomic E-state index is -0.408. The van der Waals surface area contributed by atoms with Gasteiger partial charge >= 0.3 is 5.97 Å². The van der Waals surface area contributed by atoms with Gasteiger partial charge in [-0.3, -0.25) is 0 Å². The SMILES string of the molecule is COC(=O)c1nc(NC(C)(C)c2nccs2)sc1C. The van der Waals surface area contributed by atoms with E-state index in [0.717, 1.165) is 9.88 Å². The number of carbonyl (C=O) groups excluding carboxylic acids is 1. The van der Waals surface area contributed by atoms with Crippen LogP contribution in [0.1, 0.15) is 34.2 Å². The minimum Gasteiger partial charge on any atom is -0.464 e. The lowest BCUT2D eigenvalue weighted by molar-refractivity contribution is 0.0594. The Kier molecular flexibility index (Phi) is 3.86. The zero-order valence-corrected chi connectivity index (χ0v) is 12.8. The topological polar surface area (TPSA) is 64.1 Å². The van der Waals surface area contributed by atoms with Gasteiger partial charge in [-0.05, 0) is 20.8 Å². The average molecular weight is 297 g/mol. The van der Waals surface area contributed by atoms with E-state index in [2.05, 4.69) is 15.3 Å². The summed E-state index contributed by atoms with van der Waals surface area (Å²) >= 11 is 3.02. The highest BCUT2D eigenvalue weighted by Crippen LogP contribution is 2.30. The molecule has 0 fully saturated rings. The monoisotopic (exact) mass is 297 g/mol. The maximum atomic E-state index is 11.5. The number of carbonyl (C=O) groups is 1. The minimum absolute atomic E-state index is 0.328. The first kappa shape index (κ1) is 14.0. The van der Waals surface area contributed by atoms with Crippen LogP contribution >= 0.6 is 22.7 Å². The Balaban J connectivity index is 2.22. The number of ether oxygens (including phenoxy) is 1. The molecule has 0 atom stereocenters. The van der Waals surface area contributed by atoms with Crippen LogP contribution in [0.5, 0.6) is 0 Å². The van der Waals surface area contributed by atoms with Gasteiger partial charge in [0.1, 0.15) is 5.01 Å². The number of rotatable bonds is 4. The van der Waals surface area contributed by atoms with E-state index >= 15 is 0 Å². The summed E-state index contributed by atoms with van der Waals surface area (Å²) in [5.74, 6) is -0.408. The summed E-state index contributed by atoms with van der Waals surface area (Å²) in [5, 5.41) is 6.91. The summed E-state index contributed by atoms with van der Waals surface area (Å²) in [6.07, 6.45) is 1.77. The molecule has 7 heteroatoms. The molecule has 0 amide bonds. The van der Waals surface area contributed by atoms with Gasteiger partial charge in [0.2, 0.25) is 0 Å². The molecule has 2 aromatic heterocycles. The second-order valence-electron chi connectivity index (χ2n) is 4.50. The molecule has 19 heavy (non-hydrogen) atoms. The summed E-state index contributed by atoms with van der Waals surface area (Å²) in [5.41, 5.74) is 0.0382. The molecule has 0 aromatic carbocycles. The second-order valence-corrected chi connectivity index (χ2v) is 6.60. The molecule has 2 rings (SSSR count). The maximum absolute atomic E-state index is 11.5. The molecule has 1 N–H and O–H groups in total. The summed E-state index contributed by atoms with van der Waals surface area (Å²) in [6.45, 7) is 5.91. The lowest BCUT2D eigenvalue weighted by Crippen LogP contribution is -2.27. The van der Waals surface area contributed by atoms with E-state index in [9.17, 15) is 4.79 Å². The number of methoxy groups -OCH3 is 1. The van der Waals surface area contributed by atoms with Crippen molar-refractivity contribution in [1.29, 1.82) is 0 Å². The predicted octanol–water partition coefficient (Wildman–Crippen LogP) is 3.04. The molecule has 0 aliphatic heterocycles. The van der Waals surface area contributed by atoms with E-state index in [1.807, 2.05) is 26.2 Å².